The Balaban J connectivity index is 4.26. The number of aliphatic hydroxyl groups is 4. The average Bonchev–Trinajstić information content (AvgIpc) is 3.14. The first-order valence-electron chi connectivity index (χ1n) is 22.5. The first-order chi connectivity index (χ1) is 25.7. The smallest absolute Gasteiger partial charge is 0.366 e. The molecular formula is C44H87NO8. The second-order valence-electron chi connectivity index (χ2n) is 15.7. The van der Waals surface area contributed by atoms with Crippen LogP contribution in [0.15, 0.2) is 0 Å². The molecule has 0 aliphatic heterocycles. The third kappa shape index (κ3) is 32.7. The highest BCUT2D eigenvalue weighted by molar-refractivity contribution is 5.77. The first-order valence-corrected chi connectivity index (χ1v) is 22.5. The lowest BCUT2D eigenvalue weighted by Crippen LogP contribution is -2.40. The van der Waals surface area contributed by atoms with Crippen LogP contribution < -0.4 is 0 Å². The second-order valence-corrected chi connectivity index (χ2v) is 15.7. The molecule has 9 heteroatoms. The zero-order chi connectivity index (χ0) is 39.3. The standard InChI is InChI=1S/C44H87NO8/c1-4-7-10-13-16-17-18-23-30-39-52-43(49)44(50,51)34-27-29-36-45(37-38-46)35-28-22-21-26-33-41(47)42(48)53-40(31-24-19-14-11-8-5-2)32-25-20-15-12-9-6-3/h40-41,46-47,50-51H,4-39H2,1-3H3. The van der Waals surface area contributed by atoms with Crippen LogP contribution in [0.1, 0.15) is 220 Å². The Bertz CT molecular complexity index is 794. The summed E-state index contributed by atoms with van der Waals surface area (Å²) in [5, 5.41) is 40.6. The predicted octanol–water partition coefficient (Wildman–Crippen LogP) is 9.93. The number of hydrogen-bond donors (Lipinski definition) is 4. The third-order valence-corrected chi connectivity index (χ3v) is 10.5. The van der Waals surface area contributed by atoms with Gasteiger partial charge in [-0.25, -0.2) is 9.59 Å². The minimum atomic E-state index is -2.47. The van der Waals surface area contributed by atoms with Crippen LogP contribution in [0.4, 0.5) is 0 Å². The van der Waals surface area contributed by atoms with Gasteiger partial charge in [0.2, 0.25) is 0 Å². The fourth-order valence-corrected chi connectivity index (χ4v) is 6.93. The van der Waals surface area contributed by atoms with E-state index < -0.39 is 23.8 Å². The van der Waals surface area contributed by atoms with Crippen molar-refractivity contribution in [3.63, 3.8) is 0 Å². The molecule has 0 aliphatic carbocycles. The van der Waals surface area contributed by atoms with Crippen molar-refractivity contribution < 1.29 is 39.5 Å². The van der Waals surface area contributed by atoms with Crippen molar-refractivity contribution in [3.05, 3.63) is 0 Å². The molecule has 0 rings (SSSR count). The van der Waals surface area contributed by atoms with Gasteiger partial charge in [-0.1, -0.05) is 156 Å². The van der Waals surface area contributed by atoms with Gasteiger partial charge in [0.1, 0.15) is 6.10 Å². The Kier molecular flexibility index (Phi) is 36.8. The molecule has 9 nitrogen and oxygen atoms in total. The van der Waals surface area contributed by atoms with E-state index in [-0.39, 0.29) is 25.7 Å². The molecule has 0 spiro atoms. The highest BCUT2D eigenvalue weighted by Gasteiger charge is 2.34. The zero-order valence-electron chi connectivity index (χ0n) is 35.0. The lowest BCUT2D eigenvalue weighted by molar-refractivity contribution is -0.212. The number of nitrogens with zero attached hydrogens (tertiary/aromatic N) is 1. The largest absolute Gasteiger partial charge is 0.462 e. The molecule has 316 valence electrons. The van der Waals surface area contributed by atoms with Gasteiger partial charge in [0.05, 0.1) is 13.2 Å². The number of carbonyl (C=O) groups is 2. The van der Waals surface area contributed by atoms with Crippen LogP contribution in [0.5, 0.6) is 0 Å². The normalized spacial score (nSPS) is 12.5. The van der Waals surface area contributed by atoms with E-state index in [9.17, 15) is 30.0 Å². The maximum Gasteiger partial charge on any atom is 0.366 e. The molecule has 0 heterocycles. The fourth-order valence-electron chi connectivity index (χ4n) is 6.93. The Hall–Kier alpha value is -1.26. The van der Waals surface area contributed by atoms with Crippen LogP contribution in [0, 0.1) is 0 Å². The minimum absolute atomic E-state index is 0.0438. The summed E-state index contributed by atoms with van der Waals surface area (Å²) >= 11 is 0. The Morgan fingerprint density at radius 3 is 1.45 bits per heavy atom. The van der Waals surface area contributed by atoms with Crippen LogP contribution in [0.25, 0.3) is 0 Å². The van der Waals surface area contributed by atoms with Crippen molar-refractivity contribution in [2.45, 2.75) is 238 Å². The molecule has 0 fully saturated rings. The Morgan fingerprint density at radius 2 is 0.962 bits per heavy atom. The van der Waals surface area contributed by atoms with E-state index in [2.05, 4.69) is 25.7 Å². The lowest BCUT2D eigenvalue weighted by Gasteiger charge is -2.23. The van der Waals surface area contributed by atoms with E-state index in [1.54, 1.807) is 0 Å². The molecule has 0 aromatic heterocycles. The molecule has 0 bridgehead atoms. The maximum absolute atomic E-state index is 12.8. The SMILES string of the molecule is CCCCCCCCCCCOC(=O)C(O)(O)CCCCN(CCO)CCCCCCC(O)C(=O)OC(CCCCCCCC)CCCCCCCC. The van der Waals surface area contributed by atoms with Gasteiger partial charge in [-0.3, -0.25) is 0 Å². The number of ether oxygens (including phenoxy) is 2. The van der Waals surface area contributed by atoms with E-state index in [0.717, 1.165) is 77.2 Å². The summed E-state index contributed by atoms with van der Waals surface area (Å²) in [6.07, 6.45) is 30.5. The minimum Gasteiger partial charge on any atom is -0.462 e. The van der Waals surface area contributed by atoms with Gasteiger partial charge in [0, 0.05) is 13.0 Å². The van der Waals surface area contributed by atoms with Gasteiger partial charge in [-0.15, -0.1) is 0 Å². The molecule has 0 radical (unpaired) electrons. The molecule has 1 atom stereocenters. The molecule has 0 aromatic carbocycles. The van der Waals surface area contributed by atoms with Crippen molar-refractivity contribution >= 4 is 11.9 Å². The predicted molar refractivity (Wildman–Crippen MR) is 218 cm³/mol. The quantitative estimate of drug-likeness (QED) is 0.0273. The highest BCUT2D eigenvalue weighted by atomic mass is 16.6. The first kappa shape index (κ1) is 51.7. The Morgan fingerprint density at radius 1 is 0.547 bits per heavy atom. The summed E-state index contributed by atoms with van der Waals surface area (Å²) in [4.78, 5) is 27.1. The topological polar surface area (TPSA) is 137 Å². The van der Waals surface area contributed by atoms with Crippen LogP contribution in [0.3, 0.4) is 0 Å². The highest BCUT2D eigenvalue weighted by Crippen LogP contribution is 2.19. The lowest BCUT2D eigenvalue weighted by atomic mass is 10.0. The molecule has 0 amide bonds. The van der Waals surface area contributed by atoms with E-state index in [0.29, 0.717) is 32.4 Å². The molecule has 0 saturated carbocycles. The van der Waals surface area contributed by atoms with Gasteiger partial charge in [-0.05, 0) is 70.9 Å². The maximum atomic E-state index is 12.8. The summed E-state index contributed by atoms with van der Waals surface area (Å²) in [7, 11) is 0. The number of esters is 2. The fraction of sp³-hybridized carbons (Fsp3) is 0.955. The van der Waals surface area contributed by atoms with Gasteiger partial charge >= 0.3 is 11.9 Å². The summed E-state index contributed by atoms with van der Waals surface area (Å²) in [6.45, 7) is 8.94. The molecule has 53 heavy (non-hydrogen) atoms. The number of aliphatic hydroxyl groups excluding tert-OH is 2. The van der Waals surface area contributed by atoms with Crippen molar-refractivity contribution in [2.24, 2.45) is 0 Å². The molecule has 4 N–H and O–H groups in total. The van der Waals surface area contributed by atoms with Crippen LogP contribution in [-0.4, -0.2) is 88.1 Å². The van der Waals surface area contributed by atoms with E-state index in [1.807, 2.05) is 0 Å². The van der Waals surface area contributed by atoms with Crippen LogP contribution in [0.2, 0.25) is 0 Å². The number of carbonyl (C=O) groups excluding carboxylic acids is 2. The molecule has 0 saturated heterocycles. The van der Waals surface area contributed by atoms with Crippen molar-refractivity contribution in [1.82, 2.24) is 4.90 Å². The average molecular weight is 758 g/mol. The summed E-state index contributed by atoms with van der Waals surface area (Å²) in [5.41, 5.74) is 0. The number of unbranched alkanes of at least 4 members (excludes halogenated alkanes) is 22. The monoisotopic (exact) mass is 758 g/mol. The van der Waals surface area contributed by atoms with Gasteiger partial charge in [-0.2, -0.15) is 0 Å². The zero-order valence-corrected chi connectivity index (χ0v) is 35.0. The van der Waals surface area contributed by atoms with E-state index >= 15 is 0 Å². The van der Waals surface area contributed by atoms with E-state index in [1.165, 1.54) is 103 Å². The van der Waals surface area contributed by atoms with Gasteiger partial charge < -0.3 is 34.8 Å². The second kappa shape index (κ2) is 37.7. The Labute approximate surface area is 326 Å². The van der Waals surface area contributed by atoms with Crippen LogP contribution in [-0.2, 0) is 19.1 Å². The van der Waals surface area contributed by atoms with E-state index in [4.69, 9.17) is 9.47 Å². The molecule has 0 aromatic rings. The molecular weight excluding hydrogens is 670 g/mol. The number of hydrogen-bond acceptors (Lipinski definition) is 9. The summed E-state index contributed by atoms with van der Waals surface area (Å²) < 4.78 is 11.0. The third-order valence-electron chi connectivity index (χ3n) is 10.5. The van der Waals surface area contributed by atoms with Crippen LogP contribution >= 0.6 is 0 Å². The summed E-state index contributed by atoms with van der Waals surface area (Å²) in [6, 6.07) is 0. The summed E-state index contributed by atoms with van der Waals surface area (Å²) in [5.74, 6) is -3.91. The molecule has 1 unspecified atom stereocenters. The van der Waals surface area contributed by atoms with Crippen molar-refractivity contribution in [3.8, 4) is 0 Å². The van der Waals surface area contributed by atoms with Gasteiger partial charge in [0.15, 0.2) is 6.10 Å². The van der Waals surface area contributed by atoms with Crippen molar-refractivity contribution in [2.75, 3.05) is 32.8 Å². The van der Waals surface area contributed by atoms with Crippen molar-refractivity contribution in [1.29, 1.82) is 0 Å². The molecule has 0 aliphatic rings. The van der Waals surface area contributed by atoms with Gasteiger partial charge in [0.25, 0.3) is 5.79 Å². The number of rotatable bonds is 41.